The molecule has 1 unspecified atom stereocenters. The minimum absolute atomic E-state index is 0. The van der Waals surface area contributed by atoms with E-state index in [-0.39, 0.29) is 41.1 Å². The minimum atomic E-state index is -3.57. The predicted octanol–water partition coefficient (Wildman–Crippen LogP) is 2.26. The molecule has 1 saturated heterocycles. The maximum Gasteiger partial charge on any atom is 0.243 e. The van der Waals surface area contributed by atoms with E-state index in [1.165, 1.54) is 4.31 Å². The van der Waals surface area contributed by atoms with E-state index in [1.54, 1.807) is 36.2 Å². The molecular formula is C19H32ClN3O3S. The molecule has 0 saturated carbocycles. The average molecular weight is 418 g/mol. The van der Waals surface area contributed by atoms with Crippen LogP contribution >= 0.6 is 12.4 Å². The Hall–Kier alpha value is -1.15. The second kappa shape index (κ2) is 9.37. The molecule has 27 heavy (non-hydrogen) atoms. The molecule has 0 aliphatic carbocycles. The largest absolute Gasteiger partial charge is 0.345 e. The summed E-state index contributed by atoms with van der Waals surface area (Å²) < 4.78 is 27.2. The molecule has 8 heteroatoms. The van der Waals surface area contributed by atoms with Gasteiger partial charge in [-0.05, 0) is 43.9 Å². The number of nitrogens with two attached hydrogens (primary N) is 1. The van der Waals surface area contributed by atoms with E-state index in [0.717, 1.165) is 5.56 Å². The lowest BCUT2D eigenvalue weighted by Crippen LogP contribution is -2.48. The normalized spacial score (nSPS) is 18.6. The SMILES string of the molecule is Cc1ccc(S(=O)(=O)N2CCCC(C(=O)N(C)CC(C)(C)CN)C2)cc1.Cl. The molecule has 1 fully saturated rings. The number of piperidine rings is 1. The molecule has 6 nitrogen and oxygen atoms in total. The first-order valence-corrected chi connectivity index (χ1v) is 10.5. The van der Waals surface area contributed by atoms with Crippen LogP contribution in [0.25, 0.3) is 0 Å². The number of aryl methyl sites for hydroxylation is 1. The van der Waals surface area contributed by atoms with Crippen molar-refractivity contribution >= 4 is 28.3 Å². The number of carbonyl (C=O) groups is 1. The van der Waals surface area contributed by atoms with E-state index in [0.29, 0.717) is 32.5 Å². The van der Waals surface area contributed by atoms with Gasteiger partial charge in [0.15, 0.2) is 0 Å². The highest BCUT2D eigenvalue weighted by Gasteiger charge is 2.35. The molecule has 1 atom stereocenters. The van der Waals surface area contributed by atoms with Gasteiger partial charge in [-0.25, -0.2) is 8.42 Å². The van der Waals surface area contributed by atoms with Crippen molar-refractivity contribution in [2.24, 2.45) is 17.1 Å². The molecule has 1 aromatic rings. The molecule has 0 aromatic heterocycles. The van der Waals surface area contributed by atoms with E-state index in [4.69, 9.17) is 5.73 Å². The first kappa shape index (κ1) is 23.9. The fraction of sp³-hybridized carbons (Fsp3) is 0.632. The second-order valence-electron chi connectivity index (χ2n) is 8.08. The Kier molecular flexibility index (Phi) is 8.29. The molecule has 1 aromatic carbocycles. The molecular weight excluding hydrogens is 386 g/mol. The summed E-state index contributed by atoms with van der Waals surface area (Å²) in [6, 6.07) is 6.85. The topological polar surface area (TPSA) is 83.7 Å². The lowest BCUT2D eigenvalue weighted by Gasteiger charge is -2.35. The standard InChI is InChI=1S/C19H31N3O3S.ClH/c1-15-7-9-17(10-8-15)26(24,25)22-11-5-6-16(12-22)18(23)21(4)14-19(2,3)13-20;/h7-10,16H,5-6,11-14,20H2,1-4H3;1H. The van der Waals surface area contributed by atoms with Crippen LogP contribution in [0.1, 0.15) is 32.3 Å². The summed E-state index contributed by atoms with van der Waals surface area (Å²) >= 11 is 0. The molecule has 2 rings (SSSR count). The van der Waals surface area contributed by atoms with Gasteiger partial charge >= 0.3 is 0 Å². The highest BCUT2D eigenvalue weighted by molar-refractivity contribution is 7.89. The highest BCUT2D eigenvalue weighted by Crippen LogP contribution is 2.26. The Morgan fingerprint density at radius 2 is 1.89 bits per heavy atom. The van der Waals surface area contributed by atoms with Gasteiger partial charge in [0.05, 0.1) is 10.8 Å². The van der Waals surface area contributed by atoms with Crippen LogP contribution in [0.5, 0.6) is 0 Å². The summed E-state index contributed by atoms with van der Waals surface area (Å²) in [6.07, 6.45) is 1.40. The zero-order chi connectivity index (χ0) is 19.5. The number of benzene rings is 1. The third-order valence-corrected chi connectivity index (χ3v) is 6.87. The Morgan fingerprint density at radius 3 is 2.44 bits per heavy atom. The molecule has 1 amide bonds. The first-order chi connectivity index (χ1) is 12.1. The van der Waals surface area contributed by atoms with Crippen molar-refractivity contribution in [2.75, 3.05) is 33.2 Å². The minimum Gasteiger partial charge on any atom is -0.345 e. The van der Waals surface area contributed by atoms with Crippen LogP contribution in [0.15, 0.2) is 29.2 Å². The summed E-state index contributed by atoms with van der Waals surface area (Å²) in [6.45, 7) is 7.70. The zero-order valence-corrected chi connectivity index (χ0v) is 18.3. The second-order valence-corrected chi connectivity index (χ2v) is 10.0. The van der Waals surface area contributed by atoms with Gasteiger partial charge in [-0.15, -0.1) is 12.4 Å². The van der Waals surface area contributed by atoms with Gasteiger partial charge in [0, 0.05) is 26.7 Å². The van der Waals surface area contributed by atoms with E-state index < -0.39 is 10.0 Å². The van der Waals surface area contributed by atoms with Crippen LogP contribution < -0.4 is 5.73 Å². The van der Waals surface area contributed by atoms with Crippen molar-refractivity contribution < 1.29 is 13.2 Å². The summed E-state index contributed by atoms with van der Waals surface area (Å²) in [5.74, 6) is -0.308. The molecule has 1 aliphatic heterocycles. The Bertz CT molecular complexity index is 735. The van der Waals surface area contributed by atoms with E-state index in [1.807, 2.05) is 20.8 Å². The van der Waals surface area contributed by atoms with Crippen LogP contribution in [0.4, 0.5) is 0 Å². The number of amides is 1. The molecule has 1 aliphatic rings. The van der Waals surface area contributed by atoms with Crippen molar-refractivity contribution in [1.82, 2.24) is 9.21 Å². The maximum atomic E-state index is 12.9. The van der Waals surface area contributed by atoms with Crippen LogP contribution in [-0.2, 0) is 14.8 Å². The van der Waals surface area contributed by atoms with Crippen molar-refractivity contribution in [2.45, 2.75) is 38.5 Å². The van der Waals surface area contributed by atoms with Gasteiger partial charge < -0.3 is 10.6 Å². The molecule has 1 heterocycles. The monoisotopic (exact) mass is 417 g/mol. The quantitative estimate of drug-likeness (QED) is 0.769. The number of hydrogen-bond donors (Lipinski definition) is 1. The molecule has 2 N–H and O–H groups in total. The third-order valence-electron chi connectivity index (χ3n) is 4.99. The van der Waals surface area contributed by atoms with Gasteiger partial charge in [0.1, 0.15) is 0 Å². The summed E-state index contributed by atoms with van der Waals surface area (Å²) in [5.41, 5.74) is 6.62. The fourth-order valence-corrected chi connectivity index (χ4v) is 4.84. The molecule has 0 radical (unpaired) electrons. The van der Waals surface area contributed by atoms with E-state index >= 15 is 0 Å². The van der Waals surface area contributed by atoms with Crippen LogP contribution in [-0.4, -0.2) is 56.8 Å². The molecule has 154 valence electrons. The number of halogens is 1. The maximum absolute atomic E-state index is 12.9. The number of sulfonamides is 1. The fourth-order valence-electron chi connectivity index (χ4n) is 3.32. The van der Waals surface area contributed by atoms with Crippen molar-refractivity contribution in [3.63, 3.8) is 0 Å². The summed E-state index contributed by atoms with van der Waals surface area (Å²) in [7, 11) is -1.80. The van der Waals surface area contributed by atoms with Crippen LogP contribution in [0.3, 0.4) is 0 Å². The number of rotatable bonds is 6. The number of hydrogen-bond acceptors (Lipinski definition) is 4. The summed E-state index contributed by atoms with van der Waals surface area (Å²) in [4.78, 5) is 14.8. The number of nitrogens with zero attached hydrogens (tertiary/aromatic N) is 2. The van der Waals surface area contributed by atoms with Gasteiger partial charge in [0.25, 0.3) is 0 Å². The Balaban J connectivity index is 0.00000364. The highest BCUT2D eigenvalue weighted by atomic mass is 35.5. The van der Waals surface area contributed by atoms with Gasteiger partial charge in [0.2, 0.25) is 15.9 Å². The van der Waals surface area contributed by atoms with Gasteiger partial charge in [-0.2, -0.15) is 4.31 Å². The average Bonchev–Trinajstić information content (AvgIpc) is 2.61. The van der Waals surface area contributed by atoms with Crippen molar-refractivity contribution in [1.29, 1.82) is 0 Å². The van der Waals surface area contributed by atoms with Crippen molar-refractivity contribution in [3.8, 4) is 0 Å². The summed E-state index contributed by atoms with van der Waals surface area (Å²) in [5, 5.41) is 0. The Labute approximate surface area is 169 Å². The van der Waals surface area contributed by atoms with Crippen LogP contribution in [0.2, 0.25) is 0 Å². The van der Waals surface area contributed by atoms with Crippen molar-refractivity contribution in [3.05, 3.63) is 29.8 Å². The number of carbonyl (C=O) groups excluding carboxylic acids is 1. The predicted molar refractivity (Wildman–Crippen MR) is 110 cm³/mol. The molecule has 0 spiro atoms. The van der Waals surface area contributed by atoms with Gasteiger partial charge in [-0.3, -0.25) is 4.79 Å². The lowest BCUT2D eigenvalue weighted by molar-refractivity contribution is -0.136. The smallest absolute Gasteiger partial charge is 0.243 e. The van der Waals surface area contributed by atoms with E-state index in [2.05, 4.69) is 0 Å². The van der Waals surface area contributed by atoms with Gasteiger partial charge in [-0.1, -0.05) is 31.5 Å². The molecule has 0 bridgehead atoms. The van der Waals surface area contributed by atoms with Crippen LogP contribution in [0, 0.1) is 18.3 Å². The first-order valence-electron chi connectivity index (χ1n) is 9.09. The lowest BCUT2D eigenvalue weighted by atomic mass is 9.92. The van der Waals surface area contributed by atoms with E-state index in [9.17, 15) is 13.2 Å². The zero-order valence-electron chi connectivity index (χ0n) is 16.6. The Morgan fingerprint density at radius 1 is 1.30 bits per heavy atom. The third kappa shape index (κ3) is 5.91.